The molecule has 0 saturated carbocycles. The van der Waals surface area contributed by atoms with Gasteiger partial charge in [0.2, 0.25) is 10.0 Å². The van der Waals surface area contributed by atoms with E-state index in [9.17, 15) is 13.2 Å². The molecule has 1 amide bonds. The molecule has 3 heterocycles. The van der Waals surface area contributed by atoms with E-state index in [1.165, 1.54) is 16.6 Å². The predicted molar refractivity (Wildman–Crippen MR) is 97.1 cm³/mol. The molecule has 0 radical (unpaired) electrons. The van der Waals surface area contributed by atoms with Crippen LogP contribution in [0.3, 0.4) is 0 Å². The third-order valence-corrected chi connectivity index (χ3v) is 6.14. The number of hydrogen-bond acceptors (Lipinski definition) is 6. The van der Waals surface area contributed by atoms with Crippen molar-refractivity contribution in [3.8, 4) is 0 Å². The zero-order valence-corrected chi connectivity index (χ0v) is 15.4. The molecule has 0 unspecified atom stereocenters. The molecule has 0 spiro atoms. The summed E-state index contributed by atoms with van der Waals surface area (Å²) >= 11 is 0. The maximum Gasteiger partial charge on any atom is 0.272 e. The van der Waals surface area contributed by atoms with E-state index in [0.717, 1.165) is 0 Å². The number of rotatable bonds is 4. The Bertz CT molecular complexity index is 1100. The van der Waals surface area contributed by atoms with Crippen molar-refractivity contribution in [1.29, 1.82) is 0 Å². The van der Waals surface area contributed by atoms with Crippen molar-refractivity contribution in [3.63, 3.8) is 0 Å². The highest BCUT2D eigenvalue weighted by Gasteiger charge is 2.28. The van der Waals surface area contributed by atoms with Gasteiger partial charge >= 0.3 is 0 Å². The summed E-state index contributed by atoms with van der Waals surface area (Å²) in [5.74, 6) is 0.0915. The molecule has 2 aromatic heterocycles. The Morgan fingerprint density at radius 2 is 2.04 bits per heavy atom. The van der Waals surface area contributed by atoms with Gasteiger partial charge in [-0.05, 0) is 24.3 Å². The molecule has 27 heavy (non-hydrogen) atoms. The lowest BCUT2D eigenvalue weighted by molar-refractivity contribution is 0.0730. The monoisotopic (exact) mass is 390 g/mol. The number of H-pyrrole nitrogens is 1. The van der Waals surface area contributed by atoms with Crippen LogP contribution in [0.15, 0.2) is 39.8 Å². The number of nitrogens with one attached hydrogen (secondary N) is 2. The SMILES string of the molecule is Cc1nc2cc(NC(=O)c3cc(S(=O)(=O)N4CCOCC4)c[nH]3)ccc2o1. The Labute approximate surface area is 155 Å². The fourth-order valence-electron chi connectivity index (χ4n) is 2.91. The lowest BCUT2D eigenvalue weighted by Crippen LogP contribution is -2.40. The molecule has 9 nitrogen and oxygen atoms in total. The van der Waals surface area contributed by atoms with Crippen molar-refractivity contribution in [2.45, 2.75) is 11.8 Å². The van der Waals surface area contributed by atoms with Crippen LogP contribution >= 0.6 is 0 Å². The summed E-state index contributed by atoms with van der Waals surface area (Å²) in [4.78, 5) is 19.5. The number of aryl methyl sites for hydroxylation is 1. The minimum absolute atomic E-state index is 0.0529. The first-order valence-electron chi connectivity index (χ1n) is 8.38. The van der Waals surface area contributed by atoms with Crippen LogP contribution in [-0.2, 0) is 14.8 Å². The zero-order chi connectivity index (χ0) is 19.0. The van der Waals surface area contributed by atoms with Crippen molar-refractivity contribution in [1.82, 2.24) is 14.3 Å². The second-order valence-electron chi connectivity index (χ2n) is 6.14. The minimum Gasteiger partial charge on any atom is -0.441 e. The average Bonchev–Trinajstić information content (AvgIpc) is 3.28. The second-order valence-corrected chi connectivity index (χ2v) is 8.07. The first kappa shape index (κ1) is 17.7. The molecular formula is C17H18N4O5S. The van der Waals surface area contributed by atoms with E-state index in [4.69, 9.17) is 9.15 Å². The molecule has 3 aromatic rings. The number of fused-ring (bicyclic) bond motifs is 1. The van der Waals surface area contributed by atoms with Crippen molar-refractivity contribution in [2.24, 2.45) is 0 Å². The van der Waals surface area contributed by atoms with Crippen molar-refractivity contribution in [2.75, 3.05) is 31.6 Å². The molecule has 142 valence electrons. The molecular weight excluding hydrogens is 372 g/mol. The number of oxazole rings is 1. The zero-order valence-electron chi connectivity index (χ0n) is 14.6. The Morgan fingerprint density at radius 3 is 2.81 bits per heavy atom. The minimum atomic E-state index is -3.65. The highest BCUT2D eigenvalue weighted by atomic mass is 32.2. The van der Waals surface area contributed by atoms with Crippen molar-refractivity contribution in [3.05, 3.63) is 42.0 Å². The van der Waals surface area contributed by atoms with Gasteiger partial charge in [-0.15, -0.1) is 0 Å². The van der Waals surface area contributed by atoms with Gasteiger partial charge in [-0.3, -0.25) is 4.79 Å². The lowest BCUT2D eigenvalue weighted by atomic mass is 10.2. The van der Waals surface area contributed by atoms with Crippen LogP contribution in [0.4, 0.5) is 5.69 Å². The summed E-state index contributed by atoms with van der Waals surface area (Å²) in [5.41, 5.74) is 1.95. The Hall–Kier alpha value is -2.69. The first-order chi connectivity index (χ1) is 12.9. The van der Waals surface area contributed by atoms with E-state index in [1.54, 1.807) is 25.1 Å². The van der Waals surface area contributed by atoms with Crippen LogP contribution in [0, 0.1) is 6.92 Å². The van der Waals surface area contributed by atoms with Gasteiger partial charge in [0.05, 0.1) is 13.2 Å². The van der Waals surface area contributed by atoms with Gasteiger partial charge in [-0.2, -0.15) is 4.31 Å². The van der Waals surface area contributed by atoms with Crippen LogP contribution in [-0.4, -0.2) is 54.9 Å². The number of morpholine rings is 1. The predicted octanol–water partition coefficient (Wildman–Crippen LogP) is 1.74. The van der Waals surface area contributed by atoms with Crippen molar-refractivity contribution < 1.29 is 22.4 Å². The smallest absolute Gasteiger partial charge is 0.272 e. The topological polar surface area (TPSA) is 118 Å². The number of hydrogen-bond donors (Lipinski definition) is 2. The largest absolute Gasteiger partial charge is 0.441 e. The number of amides is 1. The molecule has 1 aromatic carbocycles. The van der Waals surface area contributed by atoms with Gasteiger partial charge < -0.3 is 19.5 Å². The highest BCUT2D eigenvalue weighted by Crippen LogP contribution is 2.21. The summed E-state index contributed by atoms with van der Waals surface area (Å²) in [6.07, 6.45) is 1.32. The number of ether oxygens (including phenoxy) is 1. The average molecular weight is 390 g/mol. The number of carbonyl (C=O) groups excluding carboxylic acids is 1. The highest BCUT2D eigenvalue weighted by molar-refractivity contribution is 7.89. The fraction of sp³-hybridized carbons (Fsp3) is 0.294. The van der Waals surface area contributed by atoms with E-state index in [2.05, 4.69) is 15.3 Å². The molecule has 1 fully saturated rings. The van der Waals surface area contributed by atoms with Gasteiger partial charge in [0.25, 0.3) is 5.91 Å². The van der Waals surface area contributed by atoms with Crippen molar-refractivity contribution >= 4 is 32.7 Å². The van der Waals surface area contributed by atoms with E-state index in [1.807, 2.05) is 0 Å². The lowest BCUT2D eigenvalue weighted by Gasteiger charge is -2.25. The summed E-state index contributed by atoms with van der Waals surface area (Å²) in [7, 11) is -3.65. The van der Waals surface area contributed by atoms with Crippen LogP contribution in [0.5, 0.6) is 0 Å². The summed E-state index contributed by atoms with van der Waals surface area (Å²) in [5, 5.41) is 2.72. The Kier molecular flexibility index (Phi) is 4.46. The summed E-state index contributed by atoms with van der Waals surface area (Å²) in [6.45, 7) is 3.06. The number of aromatic nitrogens is 2. The molecule has 0 atom stereocenters. The number of benzene rings is 1. The van der Waals surface area contributed by atoms with E-state index >= 15 is 0 Å². The normalized spacial score (nSPS) is 15.9. The van der Waals surface area contributed by atoms with E-state index in [-0.39, 0.29) is 10.6 Å². The van der Waals surface area contributed by atoms with Gasteiger partial charge in [0.15, 0.2) is 11.5 Å². The number of sulfonamides is 1. The molecule has 1 aliphatic rings. The molecule has 0 bridgehead atoms. The molecule has 1 saturated heterocycles. The summed E-state index contributed by atoms with van der Waals surface area (Å²) < 4.78 is 37.2. The molecule has 2 N–H and O–H groups in total. The second kappa shape index (κ2) is 6.80. The maximum atomic E-state index is 12.6. The van der Waals surface area contributed by atoms with Gasteiger partial charge in [0, 0.05) is 31.9 Å². The van der Waals surface area contributed by atoms with Crippen LogP contribution in [0.2, 0.25) is 0 Å². The van der Waals surface area contributed by atoms with E-state index in [0.29, 0.717) is 49.0 Å². The number of nitrogens with zero attached hydrogens (tertiary/aromatic N) is 2. The maximum absolute atomic E-state index is 12.6. The first-order valence-corrected chi connectivity index (χ1v) is 9.82. The number of aromatic amines is 1. The Morgan fingerprint density at radius 1 is 1.26 bits per heavy atom. The third-order valence-electron chi connectivity index (χ3n) is 4.26. The molecule has 0 aliphatic carbocycles. The van der Waals surface area contributed by atoms with Gasteiger partial charge in [-0.25, -0.2) is 13.4 Å². The standard InChI is InChI=1S/C17H18N4O5S/c1-11-19-14-8-12(2-3-16(14)26-11)20-17(22)15-9-13(10-18-15)27(23,24)21-4-6-25-7-5-21/h2-3,8-10,18H,4-7H2,1H3,(H,20,22). The van der Waals surface area contributed by atoms with Crippen LogP contribution in [0.1, 0.15) is 16.4 Å². The van der Waals surface area contributed by atoms with Gasteiger partial charge in [0.1, 0.15) is 16.1 Å². The number of carbonyl (C=O) groups is 1. The molecule has 1 aliphatic heterocycles. The third kappa shape index (κ3) is 3.46. The number of anilines is 1. The fourth-order valence-corrected chi connectivity index (χ4v) is 4.31. The molecule has 10 heteroatoms. The van der Waals surface area contributed by atoms with E-state index < -0.39 is 15.9 Å². The van der Waals surface area contributed by atoms with Crippen LogP contribution in [0.25, 0.3) is 11.1 Å². The summed E-state index contributed by atoms with van der Waals surface area (Å²) in [6, 6.07) is 6.43. The van der Waals surface area contributed by atoms with Crippen LogP contribution < -0.4 is 5.32 Å². The molecule has 4 rings (SSSR count). The Balaban J connectivity index is 1.52. The van der Waals surface area contributed by atoms with Gasteiger partial charge in [-0.1, -0.05) is 0 Å². The quantitative estimate of drug-likeness (QED) is 0.701.